The molecule has 1 fully saturated rings. The highest BCUT2D eigenvalue weighted by molar-refractivity contribution is 7.87. The molecule has 0 bridgehead atoms. The number of hydrogen-bond donors (Lipinski definition) is 0. The molecule has 0 N–H and O–H groups in total. The molecular weight excluding hydrogens is 367 g/mol. The lowest BCUT2D eigenvalue weighted by atomic mass is 9.97. The van der Waals surface area contributed by atoms with Gasteiger partial charge in [-0.25, -0.2) is 0 Å². The van der Waals surface area contributed by atoms with Gasteiger partial charge in [0.15, 0.2) is 0 Å². The minimum Gasteiger partial charge on any atom is -0.530 e. The summed E-state index contributed by atoms with van der Waals surface area (Å²) < 4.78 is 68.5. The Balaban J connectivity index is 1.74. The Morgan fingerprint density at radius 3 is 2.40 bits per heavy atom. The van der Waals surface area contributed by atoms with Gasteiger partial charge in [-0.3, -0.25) is 0 Å². The summed E-state index contributed by atoms with van der Waals surface area (Å²) in [6, 6.07) is 0. The average molecular weight is 386 g/mol. The van der Waals surface area contributed by atoms with Crippen LogP contribution in [0, 0.1) is 5.92 Å². The molecule has 1 amide bonds. The molecule has 0 aromatic rings. The summed E-state index contributed by atoms with van der Waals surface area (Å²) in [7, 11) is -5.62. The Hall–Kier alpha value is -1.49. The SMILES string of the molecule is O=C([O-])N1CCC(COC2CC=C(OS(=O)(=O)C(F)(F)F)CC2)CC1. The molecule has 0 radical (unpaired) electrons. The molecule has 1 atom stereocenters. The third kappa shape index (κ3) is 5.50. The Kier molecular flexibility index (Phi) is 6.20. The Bertz CT molecular complexity index is 611. The summed E-state index contributed by atoms with van der Waals surface area (Å²) in [5, 5.41) is 10.7. The summed E-state index contributed by atoms with van der Waals surface area (Å²) in [5.74, 6) is -0.0118. The first-order valence-corrected chi connectivity index (χ1v) is 9.26. The zero-order valence-electron chi connectivity index (χ0n) is 13.3. The predicted molar refractivity (Wildman–Crippen MR) is 77.4 cm³/mol. The molecule has 0 aromatic carbocycles. The number of allylic oxidation sites excluding steroid dienone is 1. The van der Waals surface area contributed by atoms with Gasteiger partial charge in [-0.1, -0.05) is 0 Å². The first kappa shape index (κ1) is 19.8. The van der Waals surface area contributed by atoms with E-state index in [4.69, 9.17) is 4.74 Å². The maximum atomic E-state index is 12.3. The standard InChI is InChI=1S/C14H20F3NO6S/c15-14(16,17)25(21,22)24-12-3-1-11(2-4-12)23-9-10-5-7-18(8-6-10)13(19)20/h3,10-11H,1-2,4-9H2,(H,19,20)/p-1. The second kappa shape index (κ2) is 7.81. The third-order valence-corrected chi connectivity index (χ3v) is 5.26. The number of ether oxygens (including phenoxy) is 1. The van der Waals surface area contributed by atoms with E-state index < -0.39 is 21.7 Å². The van der Waals surface area contributed by atoms with Gasteiger partial charge in [-0.05, 0) is 37.7 Å². The summed E-state index contributed by atoms with van der Waals surface area (Å²) in [4.78, 5) is 12.0. The van der Waals surface area contributed by atoms with Crippen molar-refractivity contribution in [3.63, 3.8) is 0 Å². The lowest BCUT2D eigenvalue weighted by molar-refractivity contribution is -0.266. The second-order valence-electron chi connectivity index (χ2n) is 6.08. The van der Waals surface area contributed by atoms with Crippen LogP contribution in [0.2, 0.25) is 0 Å². The number of likely N-dealkylation sites (tertiary alicyclic amines) is 1. The minimum absolute atomic E-state index is 0.0447. The number of hydrogen-bond acceptors (Lipinski definition) is 6. The lowest BCUT2D eigenvalue weighted by Crippen LogP contribution is -2.46. The lowest BCUT2D eigenvalue weighted by Gasteiger charge is -2.34. The van der Waals surface area contributed by atoms with E-state index in [1.165, 1.54) is 11.0 Å². The fourth-order valence-corrected chi connectivity index (χ4v) is 3.28. The van der Waals surface area contributed by atoms with Crippen LogP contribution >= 0.6 is 0 Å². The molecule has 0 aromatic heterocycles. The first-order valence-electron chi connectivity index (χ1n) is 7.86. The van der Waals surface area contributed by atoms with Gasteiger partial charge in [0.1, 0.15) is 11.9 Å². The van der Waals surface area contributed by atoms with Crippen LogP contribution in [0.25, 0.3) is 0 Å². The number of amides is 1. The molecule has 1 saturated heterocycles. The smallest absolute Gasteiger partial charge is 0.530 e. The van der Waals surface area contributed by atoms with Gasteiger partial charge in [0.2, 0.25) is 0 Å². The number of halogens is 3. The van der Waals surface area contributed by atoms with Crippen molar-refractivity contribution in [1.29, 1.82) is 0 Å². The molecule has 0 saturated carbocycles. The molecule has 1 heterocycles. The first-order chi connectivity index (χ1) is 11.6. The highest BCUT2D eigenvalue weighted by Gasteiger charge is 2.48. The van der Waals surface area contributed by atoms with E-state index in [2.05, 4.69) is 4.18 Å². The van der Waals surface area contributed by atoms with Crippen molar-refractivity contribution in [3.05, 3.63) is 11.8 Å². The van der Waals surface area contributed by atoms with Gasteiger partial charge < -0.3 is 23.7 Å². The largest absolute Gasteiger partial charge is 0.534 e. The zero-order chi connectivity index (χ0) is 18.7. The normalized spacial score (nSPS) is 23.2. The zero-order valence-corrected chi connectivity index (χ0v) is 14.1. The van der Waals surface area contributed by atoms with Gasteiger partial charge in [-0.2, -0.15) is 21.6 Å². The third-order valence-electron chi connectivity index (χ3n) is 4.26. The molecule has 2 aliphatic rings. The summed E-state index contributed by atoms with van der Waals surface area (Å²) in [6.07, 6.45) is 1.89. The van der Waals surface area contributed by atoms with E-state index in [-0.39, 0.29) is 30.6 Å². The van der Waals surface area contributed by atoms with Crippen LogP contribution in [0.1, 0.15) is 32.1 Å². The van der Waals surface area contributed by atoms with Crippen LogP contribution in [0.15, 0.2) is 11.8 Å². The van der Waals surface area contributed by atoms with Gasteiger partial charge in [0.25, 0.3) is 0 Å². The van der Waals surface area contributed by atoms with Crippen molar-refractivity contribution < 1.29 is 40.4 Å². The number of carboxylic acid groups (broad SMARTS) is 1. The van der Waals surface area contributed by atoms with E-state index in [0.717, 1.165) is 0 Å². The summed E-state index contributed by atoms with van der Waals surface area (Å²) in [5.41, 5.74) is -5.44. The molecular formula is C14H19F3NO6S-. The van der Waals surface area contributed by atoms with Crippen LogP contribution < -0.4 is 5.11 Å². The van der Waals surface area contributed by atoms with Crippen molar-refractivity contribution in [2.75, 3.05) is 19.7 Å². The Labute approximate surface area is 143 Å². The quantitative estimate of drug-likeness (QED) is 0.523. The number of rotatable bonds is 5. The molecule has 2 rings (SSSR count). The van der Waals surface area contributed by atoms with Crippen molar-refractivity contribution >= 4 is 16.2 Å². The maximum absolute atomic E-state index is 12.3. The topological polar surface area (TPSA) is 96.0 Å². The minimum atomic E-state index is -5.62. The van der Waals surface area contributed by atoms with E-state index >= 15 is 0 Å². The van der Waals surface area contributed by atoms with Crippen molar-refractivity contribution in [2.45, 2.75) is 43.7 Å². The van der Waals surface area contributed by atoms with Gasteiger partial charge in [-0.15, -0.1) is 0 Å². The van der Waals surface area contributed by atoms with Crippen molar-refractivity contribution in [2.24, 2.45) is 5.92 Å². The Morgan fingerprint density at radius 2 is 1.92 bits per heavy atom. The van der Waals surface area contributed by atoms with Crippen LogP contribution in [0.3, 0.4) is 0 Å². The van der Waals surface area contributed by atoms with Crippen LogP contribution in [-0.2, 0) is 19.0 Å². The Morgan fingerprint density at radius 1 is 1.28 bits per heavy atom. The molecule has 11 heteroatoms. The van der Waals surface area contributed by atoms with E-state index in [0.29, 0.717) is 39.0 Å². The molecule has 7 nitrogen and oxygen atoms in total. The fraction of sp³-hybridized carbons (Fsp3) is 0.786. The van der Waals surface area contributed by atoms with Crippen LogP contribution in [0.4, 0.5) is 18.0 Å². The van der Waals surface area contributed by atoms with E-state index in [1.54, 1.807) is 0 Å². The van der Waals surface area contributed by atoms with Crippen LogP contribution in [-0.4, -0.2) is 50.7 Å². The average Bonchev–Trinajstić information content (AvgIpc) is 2.53. The van der Waals surface area contributed by atoms with Crippen LogP contribution in [0.5, 0.6) is 0 Å². The second-order valence-corrected chi connectivity index (χ2v) is 7.62. The molecule has 1 unspecified atom stereocenters. The molecule has 144 valence electrons. The fourth-order valence-electron chi connectivity index (χ4n) is 2.76. The predicted octanol–water partition coefficient (Wildman–Crippen LogP) is 1.36. The molecule has 0 spiro atoms. The molecule has 1 aliphatic carbocycles. The number of carbonyl (C=O) groups excluding carboxylic acids is 1. The number of alkyl halides is 3. The summed E-state index contributed by atoms with van der Waals surface area (Å²) >= 11 is 0. The monoisotopic (exact) mass is 386 g/mol. The van der Waals surface area contributed by atoms with Crippen molar-refractivity contribution in [1.82, 2.24) is 4.90 Å². The highest BCUT2D eigenvalue weighted by atomic mass is 32.2. The van der Waals surface area contributed by atoms with Crippen molar-refractivity contribution in [3.8, 4) is 0 Å². The summed E-state index contributed by atoms with van der Waals surface area (Å²) in [6.45, 7) is 1.22. The van der Waals surface area contributed by atoms with E-state index in [1.807, 2.05) is 0 Å². The highest BCUT2D eigenvalue weighted by Crippen LogP contribution is 2.30. The number of piperidine rings is 1. The van der Waals surface area contributed by atoms with Gasteiger partial charge in [0.05, 0.1) is 6.10 Å². The molecule has 25 heavy (non-hydrogen) atoms. The van der Waals surface area contributed by atoms with Gasteiger partial charge in [0, 0.05) is 26.1 Å². The maximum Gasteiger partial charge on any atom is 0.534 e. The number of carbonyl (C=O) groups is 1. The van der Waals surface area contributed by atoms with Gasteiger partial charge >= 0.3 is 15.6 Å². The van der Waals surface area contributed by atoms with E-state index in [9.17, 15) is 31.5 Å². The number of nitrogens with zero attached hydrogens (tertiary/aromatic N) is 1. The molecule has 1 aliphatic heterocycles.